The Morgan fingerprint density at radius 3 is 2.57 bits per heavy atom. The molecular weight excluding hydrogens is 363 g/mol. The highest BCUT2D eigenvalue weighted by Gasteiger charge is 2.26. The van der Waals surface area contributed by atoms with Crippen LogP contribution in [0.2, 0.25) is 0 Å². The summed E-state index contributed by atoms with van der Waals surface area (Å²) in [6.45, 7) is 0.802. The number of carbonyl (C=O) groups excluding carboxylic acids is 1. The smallest absolute Gasteiger partial charge is 0.256 e. The summed E-state index contributed by atoms with van der Waals surface area (Å²) in [4.78, 5) is 13.8. The molecule has 0 unspecified atom stereocenters. The highest BCUT2D eigenvalue weighted by molar-refractivity contribution is 9.10. The number of hydrogen-bond acceptors (Lipinski definition) is 3. The van der Waals surface area contributed by atoms with Gasteiger partial charge in [-0.1, -0.05) is 6.07 Å². The van der Waals surface area contributed by atoms with Gasteiger partial charge in [0.05, 0.1) is 16.3 Å². The SMILES string of the molecule is CS(=O)(=O)NC1CCN(C(=O)c2cccc(Br)c2F)CC1. The van der Waals surface area contributed by atoms with Crippen molar-refractivity contribution < 1.29 is 17.6 Å². The molecule has 8 heteroatoms. The van der Waals surface area contributed by atoms with Crippen molar-refractivity contribution in [2.24, 2.45) is 0 Å². The van der Waals surface area contributed by atoms with E-state index >= 15 is 0 Å². The molecule has 0 saturated carbocycles. The molecule has 1 aliphatic rings. The Kier molecular flexibility index (Phi) is 5.00. The van der Waals surface area contributed by atoms with Crippen molar-refractivity contribution >= 4 is 31.9 Å². The third-order valence-corrected chi connectivity index (χ3v) is 4.72. The van der Waals surface area contributed by atoms with Gasteiger partial charge in [-0.05, 0) is 40.9 Å². The largest absolute Gasteiger partial charge is 0.338 e. The second-order valence-electron chi connectivity index (χ2n) is 5.06. The molecule has 0 spiro atoms. The van der Waals surface area contributed by atoms with Gasteiger partial charge in [-0.25, -0.2) is 17.5 Å². The maximum absolute atomic E-state index is 13.9. The van der Waals surface area contributed by atoms with Crippen molar-refractivity contribution in [2.75, 3.05) is 19.3 Å². The Balaban J connectivity index is 2.02. The minimum Gasteiger partial charge on any atom is -0.338 e. The van der Waals surface area contributed by atoms with E-state index < -0.39 is 15.8 Å². The molecular formula is C13H16BrFN2O3S. The Morgan fingerprint density at radius 2 is 2.00 bits per heavy atom. The third kappa shape index (κ3) is 4.24. The first-order valence-electron chi connectivity index (χ1n) is 6.48. The quantitative estimate of drug-likeness (QED) is 0.870. The van der Waals surface area contributed by atoms with Gasteiger partial charge in [0, 0.05) is 19.1 Å². The Labute approximate surface area is 131 Å². The molecule has 116 valence electrons. The van der Waals surface area contributed by atoms with Gasteiger partial charge in [-0.2, -0.15) is 0 Å². The number of likely N-dealkylation sites (tertiary alicyclic amines) is 1. The molecule has 1 saturated heterocycles. The second-order valence-corrected chi connectivity index (χ2v) is 7.69. The lowest BCUT2D eigenvalue weighted by Crippen LogP contribution is -2.46. The van der Waals surface area contributed by atoms with E-state index in [4.69, 9.17) is 0 Å². The van der Waals surface area contributed by atoms with Crippen molar-refractivity contribution in [2.45, 2.75) is 18.9 Å². The van der Waals surface area contributed by atoms with Crippen LogP contribution in [0.25, 0.3) is 0 Å². The third-order valence-electron chi connectivity index (χ3n) is 3.34. The molecule has 1 N–H and O–H groups in total. The summed E-state index contributed by atoms with van der Waals surface area (Å²) < 4.78 is 39.0. The summed E-state index contributed by atoms with van der Waals surface area (Å²) in [5, 5.41) is 0. The van der Waals surface area contributed by atoms with Gasteiger partial charge in [-0.15, -0.1) is 0 Å². The van der Waals surface area contributed by atoms with Gasteiger partial charge >= 0.3 is 0 Å². The van der Waals surface area contributed by atoms with Gasteiger partial charge in [0.25, 0.3) is 5.91 Å². The topological polar surface area (TPSA) is 66.5 Å². The van der Waals surface area contributed by atoms with Crippen molar-refractivity contribution in [1.82, 2.24) is 9.62 Å². The molecule has 0 atom stereocenters. The predicted octanol–water partition coefficient (Wildman–Crippen LogP) is 1.74. The van der Waals surface area contributed by atoms with Crippen LogP contribution in [0, 0.1) is 5.82 Å². The van der Waals surface area contributed by atoms with E-state index in [0.29, 0.717) is 25.9 Å². The van der Waals surface area contributed by atoms with Crippen LogP contribution in [-0.2, 0) is 10.0 Å². The number of nitrogens with one attached hydrogen (secondary N) is 1. The number of sulfonamides is 1. The monoisotopic (exact) mass is 378 g/mol. The van der Waals surface area contributed by atoms with Crippen LogP contribution in [0.1, 0.15) is 23.2 Å². The fourth-order valence-electron chi connectivity index (χ4n) is 2.34. The van der Waals surface area contributed by atoms with E-state index in [1.165, 1.54) is 12.1 Å². The van der Waals surface area contributed by atoms with Gasteiger partial charge < -0.3 is 4.90 Å². The highest BCUT2D eigenvalue weighted by Crippen LogP contribution is 2.21. The normalized spacial score (nSPS) is 17.0. The first-order chi connectivity index (χ1) is 9.78. The number of amides is 1. The average molecular weight is 379 g/mol. The molecule has 1 fully saturated rings. The van der Waals surface area contributed by atoms with Crippen LogP contribution in [0.3, 0.4) is 0 Å². The van der Waals surface area contributed by atoms with E-state index in [2.05, 4.69) is 20.7 Å². The van der Waals surface area contributed by atoms with Crippen LogP contribution in [0.4, 0.5) is 4.39 Å². The molecule has 5 nitrogen and oxygen atoms in total. The Hall–Kier alpha value is -0.990. The lowest BCUT2D eigenvalue weighted by molar-refractivity contribution is 0.0706. The summed E-state index contributed by atoms with van der Waals surface area (Å²) >= 11 is 3.06. The van der Waals surface area contributed by atoms with Gasteiger partial charge in [0.15, 0.2) is 0 Å². The van der Waals surface area contributed by atoms with E-state index in [1.54, 1.807) is 11.0 Å². The van der Waals surface area contributed by atoms with Crippen molar-refractivity contribution in [3.63, 3.8) is 0 Å². The maximum Gasteiger partial charge on any atom is 0.256 e. The zero-order valence-electron chi connectivity index (χ0n) is 11.5. The predicted molar refractivity (Wildman–Crippen MR) is 81.0 cm³/mol. The van der Waals surface area contributed by atoms with Crippen molar-refractivity contribution in [3.8, 4) is 0 Å². The van der Waals surface area contributed by atoms with E-state index in [9.17, 15) is 17.6 Å². The van der Waals surface area contributed by atoms with Crippen LogP contribution < -0.4 is 4.72 Å². The Morgan fingerprint density at radius 1 is 1.38 bits per heavy atom. The number of rotatable bonds is 3. The van der Waals surface area contributed by atoms with Gasteiger partial charge in [0.1, 0.15) is 5.82 Å². The Bertz CT molecular complexity index is 643. The molecule has 1 heterocycles. The second kappa shape index (κ2) is 6.41. The maximum atomic E-state index is 13.9. The number of carbonyl (C=O) groups is 1. The van der Waals surface area contributed by atoms with Gasteiger partial charge in [-0.3, -0.25) is 4.79 Å². The summed E-state index contributed by atoms with van der Waals surface area (Å²) in [7, 11) is -3.25. The molecule has 0 aliphatic carbocycles. The fraction of sp³-hybridized carbons (Fsp3) is 0.462. The van der Waals surface area contributed by atoms with Crippen LogP contribution >= 0.6 is 15.9 Å². The molecule has 1 aliphatic heterocycles. The molecule has 1 aromatic rings. The lowest BCUT2D eigenvalue weighted by Gasteiger charge is -2.32. The number of benzene rings is 1. The minimum absolute atomic E-state index is 0.0268. The zero-order valence-corrected chi connectivity index (χ0v) is 13.9. The summed E-state index contributed by atoms with van der Waals surface area (Å²) in [5.74, 6) is -0.939. The van der Waals surface area contributed by atoms with Gasteiger partial charge in [0.2, 0.25) is 10.0 Å². The lowest BCUT2D eigenvalue weighted by atomic mass is 10.0. The first-order valence-corrected chi connectivity index (χ1v) is 9.17. The summed E-state index contributed by atoms with van der Waals surface area (Å²) in [5.41, 5.74) is 0.0268. The number of halogens is 2. The van der Waals surface area contributed by atoms with E-state index in [-0.39, 0.29) is 22.0 Å². The zero-order chi connectivity index (χ0) is 15.6. The van der Waals surface area contributed by atoms with Crippen molar-refractivity contribution in [3.05, 3.63) is 34.1 Å². The number of nitrogens with zero attached hydrogens (tertiary/aromatic N) is 1. The first kappa shape index (κ1) is 16.4. The molecule has 0 radical (unpaired) electrons. The summed E-state index contributed by atoms with van der Waals surface area (Å²) in [6.07, 6.45) is 2.16. The van der Waals surface area contributed by atoms with E-state index in [0.717, 1.165) is 6.26 Å². The molecule has 1 amide bonds. The molecule has 21 heavy (non-hydrogen) atoms. The average Bonchev–Trinajstić information content (AvgIpc) is 2.40. The molecule has 1 aromatic carbocycles. The molecule has 0 aromatic heterocycles. The fourth-order valence-corrected chi connectivity index (χ4v) is 3.55. The van der Waals surface area contributed by atoms with E-state index in [1.807, 2.05) is 0 Å². The molecule has 0 bridgehead atoms. The van der Waals surface area contributed by atoms with Crippen LogP contribution in [0.15, 0.2) is 22.7 Å². The summed E-state index contributed by atoms with van der Waals surface area (Å²) in [6, 6.07) is 4.42. The van der Waals surface area contributed by atoms with Crippen molar-refractivity contribution in [1.29, 1.82) is 0 Å². The standard InChI is InChI=1S/C13H16BrFN2O3S/c1-21(19,20)16-9-5-7-17(8-6-9)13(18)10-3-2-4-11(14)12(10)15/h2-4,9,16H,5-8H2,1H3. The number of hydrogen-bond donors (Lipinski definition) is 1. The molecule has 2 rings (SSSR count). The van der Waals surface area contributed by atoms with Crippen LogP contribution in [-0.4, -0.2) is 44.6 Å². The number of piperidine rings is 1. The highest BCUT2D eigenvalue weighted by atomic mass is 79.9. The van der Waals surface area contributed by atoms with Crippen LogP contribution in [0.5, 0.6) is 0 Å². The minimum atomic E-state index is -3.25.